The Kier molecular flexibility index (Phi) is 5.38. The number of rotatable bonds is 6. The first-order valence-corrected chi connectivity index (χ1v) is 5.77. The molecule has 1 aromatic rings. The van der Waals surface area contributed by atoms with E-state index >= 15 is 0 Å². The van der Waals surface area contributed by atoms with Gasteiger partial charge < -0.3 is 11.1 Å². The Hall–Kier alpha value is -1.53. The Morgan fingerprint density at radius 3 is 2.56 bits per heavy atom. The fraction of sp³-hybridized carbons (Fsp3) is 0.462. The fourth-order valence-corrected chi connectivity index (χ4v) is 1.58. The molecule has 0 aliphatic carbocycles. The Morgan fingerprint density at radius 2 is 2.06 bits per heavy atom. The molecular formula is C13H19N3. The molecule has 0 aliphatic rings. The number of nitrogens with one attached hydrogen (secondary N) is 1. The molecule has 0 aromatic heterocycles. The van der Waals surface area contributed by atoms with Crippen LogP contribution >= 0.6 is 0 Å². The molecule has 0 saturated carbocycles. The standard InChI is InChI=1S/C13H19N3/c1-2-3-4-13(10-15)16-12-7-5-11(9-14)6-8-12/h5-8,13,16H,2-4,10,15H2,1H3. The van der Waals surface area contributed by atoms with Crippen LogP contribution in [0.4, 0.5) is 5.69 Å². The van der Waals surface area contributed by atoms with E-state index in [1.165, 1.54) is 12.8 Å². The summed E-state index contributed by atoms with van der Waals surface area (Å²) in [6, 6.07) is 9.91. The highest BCUT2D eigenvalue weighted by Crippen LogP contribution is 2.12. The quantitative estimate of drug-likeness (QED) is 0.769. The molecule has 86 valence electrons. The van der Waals surface area contributed by atoms with E-state index < -0.39 is 0 Å². The molecule has 0 heterocycles. The lowest BCUT2D eigenvalue weighted by molar-refractivity contribution is 0.614. The summed E-state index contributed by atoms with van der Waals surface area (Å²) in [4.78, 5) is 0. The van der Waals surface area contributed by atoms with E-state index in [0.29, 0.717) is 18.2 Å². The fourth-order valence-electron chi connectivity index (χ4n) is 1.58. The van der Waals surface area contributed by atoms with Crippen molar-refractivity contribution in [1.29, 1.82) is 5.26 Å². The van der Waals surface area contributed by atoms with E-state index in [2.05, 4.69) is 18.3 Å². The normalized spacial score (nSPS) is 11.8. The second kappa shape index (κ2) is 6.86. The maximum Gasteiger partial charge on any atom is 0.0991 e. The van der Waals surface area contributed by atoms with Crippen molar-refractivity contribution >= 4 is 5.69 Å². The van der Waals surface area contributed by atoms with Crippen molar-refractivity contribution < 1.29 is 0 Å². The SMILES string of the molecule is CCCCC(CN)Nc1ccc(C#N)cc1. The van der Waals surface area contributed by atoms with Crippen LogP contribution in [0.2, 0.25) is 0 Å². The number of anilines is 1. The van der Waals surface area contributed by atoms with E-state index in [-0.39, 0.29) is 0 Å². The predicted molar refractivity (Wildman–Crippen MR) is 67.1 cm³/mol. The minimum Gasteiger partial charge on any atom is -0.381 e. The molecule has 3 N–H and O–H groups in total. The van der Waals surface area contributed by atoms with Gasteiger partial charge in [0.15, 0.2) is 0 Å². The van der Waals surface area contributed by atoms with Gasteiger partial charge in [0, 0.05) is 18.3 Å². The third-order valence-corrected chi connectivity index (χ3v) is 2.58. The monoisotopic (exact) mass is 217 g/mol. The summed E-state index contributed by atoms with van der Waals surface area (Å²) in [5, 5.41) is 12.1. The number of benzene rings is 1. The van der Waals surface area contributed by atoms with Crippen LogP contribution < -0.4 is 11.1 Å². The molecule has 0 aliphatic heterocycles. The van der Waals surface area contributed by atoms with Crippen molar-refractivity contribution in [2.24, 2.45) is 5.73 Å². The van der Waals surface area contributed by atoms with Crippen LogP contribution in [-0.4, -0.2) is 12.6 Å². The van der Waals surface area contributed by atoms with Crippen molar-refractivity contribution in [2.75, 3.05) is 11.9 Å². The van der Waals surface area contributed by atoms with Gasteiger partial charge in [0.25, 0.3) is 0 Å². The van der Waals surface area contributed by atoms with E-state index in [4.69, 9.17) is 11.0 Å². The maximum atomic E-state index is 8.68. The molecule has 1 unspecified atom stereocenters. The van der Waals surface area contributed by atoms with Gasteiger partial charge in [0.2, 0.25) is 0 Å². The summed E-state index contributed by atoms with van der Waals surface area (Å²) in [6.07, 6.45) is 3.46. The van der Waals surface area contributed by atoms with E-state index in [0.717, 1.165) is 12.1 Å². The number of hydrogen-bond donors (Lipinski definition) is 2. The van der Waals surface area contributed by atoms with Gasteiger partial charge in [-0.25, -0.2) is 0 Å². The second-order valence-electron chi connectivity index (χ2n) is 3.91. The Balaban J connectivity index is 2.53. The van der Waals surface area contributed by atoms with E-state index in [1.54, 1.807) is 0 Å². The summed E-state index contributed by atoms with van der Waals surface area (Å²) in [5.74, 6) is 0. The third-order valence-electron chi connectivity index (χ3n) is 2.58. The highest BCUT2D eigenvalue weighted by molar-refractivity contribution is 5.47. The van der Waals surface area contributed by atoms with Gasteiger partial charge in [-0.1, -0.05) is 19.8 Å². The molecule has 0 fully saturated rings. The van der Waals surface area contributed by atoms with Crippen molar-refractivity contribution in [3.05, 3.63) is 29.8 Å². The zero-order valence-corrected chi connectivity index (χ0v) is 9.74. The minimum atomic E-state index is 0.327. The third kappa shape index (κ3) is 3.92. The van der Waals surface area contributed by atoms with E-state index in [9.17, 15) is 0 Å². The van der Waals surface area contributed by atoms with Crippen molar-refractivity contribution in [3.63, 3.8) is 0 Å². The largest absolute Gasteiger partial charge is 0.381 e. The lowest BCUT2D eigenvalue weighted by Gasteiger charge is -2.17. The molecule has 16 heavy (non-hydrogen) atoms. The van der Waals surface area contributed by atoms with Crippen molar-refractivity contribution in [2.45, 2.75) is 32.2 Å². The number of nitrogens with two attached hydrogens (primary N) is 1. The number of nitrogens with zero attached hydrogens (tertiary/aromatic N) is 1. The molecule has 0 bridgehead atoms. The van der Waals surface area contributed by atoms with Crippen LogP contribution in [-0.2, 0) is 0 Å². The summed E-state index contributed by atoms with van der Waals surface area (Å²) >= 11 is 0. The van der Waals surface area contributed by atoms with Crippen molar-refractivity contribution in [1.82, 2.24) is 0 Å². The molecule has 3 nitrogen and oxygen atoms in total. The molecule has 1 atom stereocenters. The average Bonchev–Trinajstić information content (AvgIpc) is 2.35. The van der Waals surface area contributed by atoms with E-state index in [1.807, 2.05) is 24.3 Å². The predicted octanol–water partition coefficient (Wildman–Crippen LogP) is 2.49. The van der Waals surface area contributed by atoms with Crippen molar-refractivity contribution in [3.8, 4) is 6.07 Å². The highest BCUT2D eigenvalue weighted by atomic mass is 14.9. The summed E-state index contributed by atoms with van der Waals surface area (Å²) < 4.78 is 0. The first-order chi connectivity index (χ1) is 7.80. The molecule has 0 saturated heterocycles. The number of hydrogen-bond acceptors (Lipinski definition) is 3. The second-order valence-corrected chi connectivity index (χ2v) is 3.91. The van der Waals surface area contributed by atoms with Crippen LogP contribution in [0.25, 0.3) is 0 Å². The van der Waals surface area contributed by atoms with Crippen LogP contribution in [0.15, 0.2) is 24.3 Å². The Bertz CT molecular complexity index is 337. The number of nitriles is 1. The first kappa shape index (κ1) is 12.5. The molecule has 3 heteroatoms. The maximum absolute atomic E-state index is 8.68. The lowest BCUT2D eigenvalue weighted by atomic mass is 10.1. The summed E-state index contributed by atoms with van der Waals surface area (Å²) in [7, 11) is 0. The molecule has 1 aromatic carbocycles. The topological polar surface area (TPSA) is 61.8 Å². The highest BCUT2D eigenvalue weighted by Gasteiger charge is 2.05. The summed E-state index contributed by atoms with van der Waals surface area (Å²) in [5.41, 5.74) is 7.42. The van der Waals surface area contributed by atoms with Gasteiger partial charge in [-0.3, -0.25) is 0 Å². The average molecular weight is 217 g/mol. The number of unbranched alkanes of at least 4 members (excludes halogenated alkanes) is 1. The Morgan fingerprint density at radius 1 is 1.38 bits per heavy atom. The van der Waals surface area contributed by atoms with Gasteiger partial charge >= 0.3 is 0 Å². The smallest absolute Gasteiger partial charge is 0.0991 e. The molecule has 1 rings (SSSR count). The lowest BCUT2D eigenvalue weighted by Crippen LogP contribution is -2.28. The van der Waals surface area contributed by atoms with Crippen LogP contribution in [0.3, 0.4) is 0 Å². The minimum absolute atomic E-state index is 0.327. The van der Waals surface area contributed by atoms with Crippen LogP contribution in [0, 0.1) is 11.3 Å². The molecule has 0 radical (unpaired) electrons. The van der Waals surface area contributed by atoms with Gasteiger partial charge in [0.1, 0.15) is 0 Å². The zero-order chi connectivity index (χ0) is 11.8. The molecular weight excluding hydrogens is 198 g/mol. The van der Waals surface area contributed by atoms with Crippen LogP contribution in [0.1, 0.15) is 31.7 Å². The van der Waals surface area contributed by atoms with Gasteiger partial charge in [-0.15, -0.1) is 0 Å². The first-order valence-electron chi connectivity index (χ1n) is 5.77. The van der Waals surface area contributed by atoms with Crippen LogP contribution in [0.5, 0.6) is 0 Å². The van der Waals surface area contributed by atoms with Gasteiger partial charge in [-0.2, -0.15) is 5.26 Å². The van der Waals surface area contributed by atoms with Gasteiger partial charge in [0.05, 0.1) is 11.6 Å². The van der Waals surface area contributed by atoms with Gasteiger partial charge in [-0.05, 0) is 30.7 Å². The summed E-state index contributed by atoms with van der Waals surface area (Å²) in [6.45, 7) is 2.81. The Labute approximate surface area is 97.3 Å². The molecule has 0 amide bonds. The molecule has 0 spiro atoms. The zero-order valence-electron chi connectivity index (χ0n) is 9.74.